The van der Waals surface area contributed by atoms with Gasteiger partial charge in [-0.3, -0.25) is 4.79 Å². The number of hydrogen-bond acceptors (Lipinski definition) is 5. The van der Waals surface area contributed by atoms with Crippen molar-refractivity contribution in [2.24, 2.45) is 17.6 Å². The topological polar surface area (TPSA) is 87.8 Å². The number of phenolic OH excluding ortho intramolecular Hbond substituents is 1. The number of unbranched alkanes of at least 4 members (excludes halogenated alkanes) is 1. The van der Waals surface area contributed by atoms with Crippen LogP contribution < -0.4 is 15.8 Å². The number of nitrogens with two attached hydrogens (primary N) is 1. The number of ether oxygens (including phenoxy) is 1. The highest BCUT2D eigenvalue weighted by Crippen LogP contribution is 2.38. The summed E-state index contributed by atoms with van der Waals surface area (Å²) in [6.07, 6.45) is 5.11. The van der Waals surface area contributed by atoms with E-state index in [0.717, 1.165) is 38.9 Å². The van der Waals surface area contributed by atoms with Gasteiger partial charge in [0.15, 0.2) is 5.75 Å². The Morgan fingerprint density at radius 1 is 1.47 bits per heavy atom. The summed E-state index contributed by atoms with van der Waals surface area (Å²) in [5, 5.41) is 13.9. The molecule has 1 amide bonds. The maximum Gasteiger partial charge on any atom is 0.258 e. The van der Waals surface area contributed by atoms with Crippen LogP contribution in [-0.2, 0) is 6.42 Å². The van der Waals surface area contributed by atoms with Crippen molar-refractivity contribution in [1.82, 2.24) is 10.2 Å². The molecule has 0 spiro atoms. The lowest BCUT2D eigenvalue weighted by Crippen LogP contribution is -2.47. The summed E-state index contributed by atoms with van der Waals surface area (Å²) in [5.41, 5.74) is 6.39. The van der Waals surface area contributed by atoms with Gasteiger partial charge in [0, 0.05) is 12.6 Å². The van der Waals surface area contributed by atoms with Gasteiger partial charge in [0.25, 0.3) is 5.91 Å². The zero-order valence-corrected chi connectivity index (χ0v) is 19.6. The van der Waals surface area contributed by atoms with Gasteiger partial charge in [-0.2, -0.15) is 0 Å². The summed E-state index contributed by atoms with van der Waals surface area (Å²) >= 11 is 6.27. The smallest absolute Gasteiger partial charge is 0.258 e. The molecule has 2 rings (SSSR count). The zero-order valence-electron chi connectivity index (χ0n) is 18.8. The monoisotopic (exact) mass is 439 g/mol. The molecule has 1 heterocycles. The van der Waals surface area contributed by atoms with Crippen molar-refractivity contribution in [3.05, 3.63) is 22.2 Å². The summed E-state index contributed by atoms with van der Waals surface area (Å²) < 4.78 is 5.31. The predicted octanol–water partition coefficient (Wildman–Crippen LogP) is 3.82. The Hall–Kier alpha value is -1.50. The van der Waals surface area contributed by atoms with E-state index in [-0.39, 0.29) is 23.0 Å². The van der Waals surface area contributed by atoms with Crippen LogP contribution in [0.1, 0.15) is 62.4 Å². The number of piperidine rings is 1. The first-order chi connectivity index (χ1) is 14.3. The number of carbonyl (C=O) groups is 1. The summed E-state index contributed by atoms with van der Waals surface area (Å²) in [4.78, 5) is 15.5. The Kier molecular flexibility index (Phi) is 9.72. The van der Waals surface area contributed by atoms with Crippen LogP contribution in [-0.4, -0.2) is 55.2 Å². The van der Waals surface area contributed by atoms with Crippen LogP contribution >= 0.6 is 11.6 Å². The third-order valence-electron chi connectivity index (χ3n) is 6.49. The van der Waals surface area contributed by atoms with E-state index in [0.29, 0.717) is 41.4 Å². The number of aromatic hydroxyl groups is 1. The van der Waals surface area contributed by atoms with E-state index in [4.69, 9.17) is 22.1 Å². The molecule has 0 saturated carbocycles. The highest BCUT2D eigenvalue weighted by molar-refractivity contribution is 6.33. The molecule has 7 heteroatoms. The van der Waals surface area contributed by atoms with Crippen LogP contribution in [0.15, 0.2) is 6.07 Å². The predicted molar refractivity (Wildman–Crippen MR) is 123 cm³/mol. The van der Waals surface area contributed by atoms with E-state index in [9.17, 15) is 9.90 Å². The van der Waals surface area contributed by atoms with Crippen LogP contribution in [0, 0.1) is 11.8 Å². The van der Waals surface area contributed by atoms with E-state index >= 15 is 0 Å². The van der Waals surface area contributed by atoms with Crippen LogP contribution in [0.3, 0.4) is 0 Å². The number of amides is 1. The summed E-state index contributed by atoms with van der Waals surface area (Å²) in [7, 11) is 1.45. The van der Waals surface area contributed by atoms with Crippen molar-refractivity contribution in [3.8, 4) is 11.5 Å². The van der Waals surface area contributed by atoms with Gasteiger partial charge in [-0.05, 0) is 82.1 Å². The first kappa shape index (κ1) is 24.8. The number of phenols is 1. The number of hydrogen-bond donors (Lipinski definition) is 3. The van der Waals surface area contributed by atoms with Gasteiger partial charge in [-0.1, -0.05) is 25.4 Å². The van der Waals surface area contributed by atoms with Crippen molar-refractivity contribution in [3.63, 3.8) is 0 Å². The zero-order chi connectivity index (χ0) is 22.3. The molecule has 1 fully saturated rings. The van der Waals surface area contributed by atoms with E-state index in [1.54, 1.807) is 6.07 Å². The molecule has 1 aliphatic rings. The lowest BCUT2D eigenvalue weighted by atomic mass is 9.80. The van der Waals surface area contributed by atoms with Gasteiger partial charge < -0.3 is 25.8 Å². The van der Waals surface area contributed by atoms with Gasteiger partial charge in [0.05, 0.1) is 12.1 Å². The van der Waals surface area contributed by atoms with Crippen molar-refractivity contribution in [2.45, 2.75) is 58.9 Å². The fraction of sp³-hybridized carbons (Fsp3) is 0.696. The van der Waals surface area contributed by atoms with Crippen molar-refractivity contribution < 1.29 is 14.6 Å². The standard InChI is InChI=1S/C23H38ClN3O3/c1-5-17-13-19(24)22(30-4)20(21(17)28)23(29)26-14-15(2)18-9-8-12-27(16(18)3)11-7-6-10-25/h13,15-16,18,28H,5-12,14,25H2,1-4H3,(H,26,29)/t15-,16?,18-/m0/s1. The van der Waals surface area contributed by atoms with E-state index in [1.807, 2.05) is 6.92 Å². The molecule has 6 nitrogen and oxygen atoms in total. The molecule has 1 unspecified atom stereocenters. The maximum absolute atomic E-state index is 12.9. The quantitative estimate of drug-likeness (QED) is 0.482. The lowest BCUT2D eigenvalue weighted by molar-refractivity contribution is 0.0705. The number of nitrogens with one attached hydrogen (secondary N) is 1. The van der Waals surface area contributed by atoms with E-state index < -0.39 is 0 Å². The summed E-state index contributed by atoms with van der Waals surface area (Å²) in [6, 6.07) is 2.13. The minimum Gasteiger partial charge on any atom is -0.507 e. The summed E-state index contributed by atoms with van der Waals surface area (Å²) in [5.74, 6) is 0.642. The first-order valence-corrected chi connectivity index (χ1v) is 11.5. The number of aryl methyl sites for hydroxylation is 1. The second-order valence-electron chi connectivity index (χ2n) is 8.39. The second kappa shape index (κ2) is 11.8. The minimum absolute atomic E-state index is 0.0546. The average molecular weight is 440 g/mol. The van der Waals surface area contributed by atoms with Gasteiger partial charge in [0.1, 0.15) is 11.3 Å². The highest BCUT2D eigenvalue weighted by atomic mass is 35.5. The molecule has 30 heavy (non-hydrogen) atoms. The van der Waals surface area contributed by atoms with Crippen LogP contribution in [0.25, 0.3) is 0 Å². The van der Waals surface area contributed by atoms with Crippen LogP contribution in [0.4, 0.5) is 0 Å². The number of halogens is 1. The highest BCUT2D eigenvalue weighted by Gasteiger charge is 2.32. The molecule has 1 saturated heterocycles. The first-order valence-electron chi connectivity index (χ1n) is 11.2. The van der Waals surface area contributed by atoms with Crippen molar-refractivity contribution in [1.29, 1.82) is 0 Å². The number of likely N-dealkylation sites (tertiary alicyclic amines) is 1. The van der Waals surface area contributed by atoms with Crippen LogP contribution in [0.5, 0.6) is 11.5 Å². The number of benzene rings is 1. The number of nitrogens with zero attached hydrogens (tertiary/aromatic N) is 1. The Morgan fingerprint density at radius 2 is 2.20 bits per heavy atom. The Balaban J connectivity index is 2.05. The molecule has 3 atom stereocenters. The third kappa shape index (κ3) is 5.80. The molecular formula is C23H38ClN3O3. The van der Waals surface area contributed by atoms with Crippen molar-refractivity contribution >= 4 is 17.5 Å². The molecule has 4 N–H and O–H groups in total. The average Bonchev–Trinajstić information content (AvgIpc) is 2.74. The molecular weight excluding hydrogens is 402 g/mol. The molecule has 1 aliphatic heterocycles. The second-order valence-corrected chi connectivity index (χ2v) is 8.80. The largest absolute Gasteiger partial charge is 0.507 e. The molecule has 1 aromatic carbocycles. The number of rotatable bonds is 10. The number of methoxy groups -OCH3 is 1. The summed E-state index contributed by atoms with van der Waals surface area (Å²) in [6.45, 7) is 9.90. The third-order valence-corrected chi connectivity index (χ3v) is 6.77. The Labute approximate surface area is 186 Å². The van der Waals surface area contributed by atoms with E-state index in [1.165, 1.54) is 13.5 Å². The number of carbonyl (C=O) groups excluding carboxylic acids is 1. The molecule has 0 radical (unpaired) electrons. The minimum atomic E-state index is -0.350. The lowest BCUT2D eigenvalue weighted by Gasteiger charge is -2.42. The molecule has 0 aliphatic carbocycles. The Morgan fingerprint density at radius 3 is 2.83 bits per heavy atom. The van der Waals surface area contributed by atoms with Gasteiger partial charge in [0.2, 0.25) is 0 Å². The fourth-order valence-corrected chi connectivity index (χ4v) is 4.93. The van der Waals surface area contributed by atoms with Crippen molar-refractivity contribution in [2.75, 3.05) is 33.3 Å². The molecule has 170 valence electrons. The SMILES string of the molecule is CCc1cc(Cl)c(OC)c(C(=O)NC[C@H](C)[C@@H]2CCCN(CCCCN)C2C)c1O. The Bertz CT molecular complexity index is 713. The fourth-order valence-electron chi connectivity index (χ4n) is 4.63. The maximum atomic E-state index is 12.9. The van der Waals surface area contributed by atoms with Gasteiger partial charge >= 0.3 is 0 Å². The van der Waals surface area contributed by atoms with Gasteiger partial charge in [-0.15, -0.1) is 0 Å². The van der Waals surface area contributed by atoms with Crippen LogP contribution in [0.2, 0.25) is 5.02 Å². The normalized spacial score (nSPS) is 20.7. The molecule has 1 aromatic rings. The van der Waals surface area contributed by atoms with Gasteiger partial charge in [-0.25, -0.2) is 0 Å². The molecule has 0 bridgehead atoms. The van der Waals surface area contributed by atoms with E-state index in [2.05, 4.69) is 24.1 Å². The molecule has 0 aromatic heterocycles.